The third-order valence-corrected chi connectivity index (χ3v) is 3.40. The summed E-state index contributed by atoms with van der Waals surface area (Å²) in [6.07, 6.45) is 0.530. The smallest absolute Gasteiger partial charge is 0.410 e. The summed E-state index contributed by atoms with van der Waals surface area (Å²) in [7, 11) is 0. The molecule has 1 saturated heterocycles. The zero-order chi connectivity index (χ0) is 16.3. The Labute approximate surface area is 131 Å². The highest BCUT2D eigenvalue weighted by Gasteiger charge is 2.27. The van der Waals surface area contributed by atoms with Crippen LogP contribution in [0.5, 0.6) is 0 Å². The number of rotatable bonds is 2. The molecule has 0 atom stereocenters. The zero-order valence-electron chi connectivity index (χ0n) is 13.6. The van der Waals surface area contributed by atoms with Gasteiger partial charge in [-0.2, -0.15) is 0 Å². The summed E-state index contributed by atoms with van der Waals surface area (Å²) in [5.74, 6) is 0.693. The summed E-state index contributed by atoms with van der Waals surface area (Å²) < 4.78 is 5.38. The Bertz CT molecular complexity index is 558. The van der Waals surface area contributed by atoms with Crippen molar-refractivity contribution in [3.05, 3.63) is 23.4 Å². The molecule has 1 fully saturated rings. The van der Waals surface area contributed by atoms with Crippen LogP contribution in [0.4, 0.5) is 10.6 Å². The largest absolute Gasteiger partial charge is 0.444 e. The molecule has 6 heteroatoms. The van der Waals surface area contributed by atoms with Gasteiger partial charge in [0.25, 0.3) is 0 Å². The molecule has 1 aliphatic rings. The van der Waals surface area contributed by atoms with Crippen LogP contribution in [0, 0.1) is 6.92 Å². The molecule has 0 unspecified atom stereocenters. The summed E-state index contributed by atoms with van der Waals surface area (Å²) in [5.41, 5.74) is 0.961. The Morgan fingerprint density at radius 1 is 1.23 bits per heavy atom. The van der Waals surface area contributed by atoms with Crippen LogP contribution in [0.15, 0.2) is 12.1 Å². The molecule has 0 saturated carbocycles. The molecule has 1 aromatic heterocycles. The minimum absolute atomic E-state index is 0.292. The van der Waals surface area contributed by atoms with E-state index in [4.69, 9.17) is 4.74 Å². The molecule has 120 valence electrons. The minimum atomic E-state index is -0.489. The van der Waals surface area contributed by atoms with E-state index in [9.17, 15) is 9.59 Å². The number of aromatic nitrogens is 1. The van der Waals surface area contributed by atoms with E-state index in [0.717, 1.165) is 12.0 Å². The minimum Gasteiger partial charge on any atom is -0.444 e. The summed E-state index contributed by atoms with van der Waals surface area (Å²) in [5, 5.41) is 0. The summed E-state index contributed by atoms with van der Waals surface area (Å²) >= 11 is 0. The normalized spacial score (nSPS) is 15.6. The average molecular weight is 305 g/mol. The number of carbonyl (C=O) groups excluding carboxylic acids is 2. The summed E-state index contributed by atoms with van der Waals surface area (Å²) in [6, 6.07) is 3.61. The van der Waals surface area contributed by atoms with Crippen molar-refractivity contribution in [1.82, 2.24) is 9.88 Å². The molecule has 0 N–H and O–H groups in total. The van der Waals surface area contributed by atoms with Crippen LogP contribution >= 0.6 is 0 Å². The number of ether oxygens (including phenoxy) is 1. The number of hydrogen-bond acceptors (Lipinski definition) is 5. The Balaban J connectivity index is 2.02. The van der Waals surface area contributed by atoms with Gasteiger partial charge in [-0.15, -0.1) is 0 Å². The van der Waals surface area contributed by atoms with Gasteiger partial charge in [-0.05, 0) is 39.8 Å². The number of aryl methyl sites for hydroxylation is 1. The van der Waals surface area contributed by atoms with Crippen LogP contribution in [0.2, 0.25) is 0 Å². The lowest BCUT2D eigenvalue weighted by Gasteiger charge is -2.36. The van der Waals surface area contributed by atoms with Gasteiger partial charge in [0.2, 0.25) is 0 Å². The van der Waals surface area contributed by atoms with Crippen molar-refractivity contribution in [2.24, 2.45) is 0 Å². The lowest BCUT2D eigenvalue weighted by molar-refractivity contribution is 0.0240. The van der Waals surface area contributed by atoms with Gasteiger partial charge in [0, 0.05) is 31.9 Å². The van der Waals surface area contributed by atoms with Crippen LogP contribution < -0.4 is 4.90 Å². The van der Waals surface area contributed by atoms with E-state index in [-0.39, 0.29) is 6.09 Å². The Kier molecular flexibility index (Phi) is 4.68. The second-order valence-corrected chi connectivity index (χ2v) is 6.44. The molecule has 0 aliphatic carbocycles. The molecule has 0 aromatic carbocycles. The molecule has 1 aliphatic heterocycles. The fourth-order valence-corrected chi connectivity index (χ4v) is 2.33. The molecule has 22 heavy (non-hydrogen) atoms. The fourth-order valence-electron chi connectivity index (χ4n) is 2.33. The first-order valence-corrected chi connectivity index (χ1v) is 7.46. The number of pyridine rings is 1. The zero-order valence-corrected chi connectivity index (χ0v) is 13.6. The maximum atomic E-state index is 12.0. The molecule has 1 aromatic rings. The standard InChI is InChI=1S/C16H23N3O3/c1-12-5-6-13(11-20)14(17-12)18-7-9-19(10-8-18)15(21)22-16(2,3)4/h5-6,11H,7-10H2,1-4H3. The van der Waals surface area contributed by atoms with Gasteiger partial charge in [0.05, 0.1) is 5.56 Å². The van der Waals surface area contributed by atoms with E-state index in [1.165, 1.54) is 0 Å². The number of carbonyl (C=O) groups is 2. The topological polar surface area (TPSA) is 62.7 Å². The van der Waals surface area contributed by atoms with E-state index in [0.29, 0.717) is 37.6 Å². The van der Waals surface area contributed by atoms with Gasteiger partial charge in [-0.3, -0.25) is 4.79 Å². The van der Waals surface area contributed by atoms with Crippen LogP contribution in [0.25, 0.3) is 0 Å². The first-order valence-electron chi connectivity index (χ1n) is 7.46. The number of piperazine rings is 1. The molecule has 6 nitrogen and oxygen atoms in total. The lowest BCUT2D eigenvalue weighted by Crippen LogP contribution is -2.50. The summed E-state index contributed by atoms with van der Waals surface area (Å²) in [6.45, 7) is 9.85. The number of hydrogen-bond donors (Lipinski definition) is 0. The van der Waals surface area contributed by atoms with Crippen LogP contribution in [0.3, 0.4) is 0 Å². The van der Waals surface area contributed by atoms with Crippen LogP contribution in [-0.4, -0.2) is 54.0 Å². The van der Waals surface area contributed by atoms with Gasteiger partial charge >= 0.3 is 6.09 Å². The molecule has 0 radical (unpaired) electrons. The van der Waals surface area contributed by atoms with E-state index in [1.807, 2.05) is 38.7 Å². The Morgan fingerprint density at radius 3 is 2.41 bits per heavy atom. The van der Waals surface area contributed by atoms with Crippen molar-refractivity contribution in [3.8, 4) is 0 Å². The molecule has 2 rings (SSSR count). The van der Waals surface area contributed by atoms with Gasteiger partial charge in [0.15, 0.2) is 6.29 Å². The Hall–Kier alpha value is -2.11. The highest BCUT2D eigenvalue weighted by Crippen LogP contribution is 2.19. The van der Waals surface area contributed by atoms with Gasteiger partial charge in [0.1, 0.15) is 11.4 Å². The monoisotopic (exact) mass is 305 g/mol. The highest BCUT2D eigenvalue weighted by molar-refractivity contribution is 5.83. The second kappa shape index (κ2) is 6.34. The highest BCUT2D eigenvalue weighted by atomic mass is 16.6. The van der Waals surface area contributed by atoms with Crippen molar-refractivity contribution in [1.29, 1.82) is 0 Å². The third kappa shape index (κ3) is 3.96. The van der Waals surface area contributed by atoms with Crippen molar-refractivity contribution >= 4 is 18.2 Å². The van der Waals surface area contributed by atoms with Crippen molar-refractivity contribution < 1.29 is 14.3 Å². The van der Waals surface area contributed by atoms with Crippen molar-refractivity contribution in [2.45, 2.75) is 33.3 Å². The van der Waals surface area contributed by atoms with Crippen LogP contribution in [0.1, 0.15) is 36.8 Å². The first-order chi connectivity index (χ1) is 10.3. The lowest BCUT2D eigenvalue weighted by atomic mass is 10.2. The fraction of sp³-hybridized carbons (Fsp3) is 0.562. The molecule has 0 spiro atoms. The number of amides is 1. The van der Waals surface area contributed by atoms with Gasteiger partial charge < -0.3 is 14.5 Å². The maximum Gasteiger partial charge on any atom is 0.410 e. The number of aldehydes is 1. The quantitative estimate of drug-likeness (QED) is 0.784. The number of anilines is 1. The molecular formula is C16H23N3O3. The molecule has 0 bridgehead atoms. The van der Waals surface area contributed by atoms with E-state index in [1.54, 1.807) is 11.0 Å². The maximum absolute atomic E-state index is 12.0. The van der Waals surface area contributed by atoms with Crippen molar-refractivity contribution in [2.75, 3.05) is 31.1 Å². The predicted octanol–water partition coefficient (Wildman–Crippen LogP) is 2.26. The van der Waals surface area contributed by atoms with Crippen molar-refractivity contribution in [3.63, 3.8) is 0 Å². The average Bonchev–Trinajstić information content (AvgIpc) is 2.45. The molecular weight excluding hydrogens is 282 g/mol. The first kappa shape index (κ1) is 16.3. The van der Waals surface area contributed by atoms with Crippen LogP contribution in [-0.2, 0) is 4.74 Å². The predicted molar refractivity (Wildman–Crippen MR) is 84.4 cm³/mol. The molecule has 2 heterocycles. The van der Waals surface area contributed by atoms with E-state index in [2.05, 4.69) is 4.98 Å². The SMILES string of the molecule is Cc1ccc(C=O)c(N2CCN(C(=O)OC(C)(C)C)CC2)n1. The second-order valence-electron chi connectivity index (χ2n) is 6.44. The third-order valence-electron chi connectivity index (χ3n) is 3.40. The van der Waals surface area contributed by atoms with E-state index < -0.39 is 5.60 Å². The summed E-state index contributed by atoms with van der Waals surface area (Å²) in [4.78, 5) is 31.4. The molecule has 1 amide bonds. The Morgan fingerprint density at radius 2 is 1.86 bits per heavy atom. The van der Waals surface area contributed by atoms with Gasteiger partial charge in [-0.1, -0.05) is 0 Å². The van der Waals surface area contributed by atoms with E-state index >= 15 is 0 Å². The van der Waals surface area contributed by atoms with Gasteiger partial charge in [-0.25, -0.2) is 9.78 Å². The number of nitrogens with zero attached hydrogens (tertiary/aromatic N) is 3.